The molecule has 0 atom stereocenters. The molecule has 0 aromatic heterocycles. The van der Waals surface area contributed by atoms with Gasteiger partial charge in [-0.25, -0.2) is 8.78 Å². The summed E-state index contributed by atoms with van der Waals surface area (Å²) in [4.78, 5) is 0. The minimum Gasteiger partial charge on any atom is -0.312 e. The van der Waals surface area contributed by atoms with Crippen molar-refractivity contribution in [2.24, 2.45) is 5.41 Å². The Morgan fingerprint density at radius 2 is 1.68 bits per heavy atom. The maximum Gasteiger partial charge on any atom is 0.126 e. The van der Waals surface area contributed by atoms with Crippen LogP contribution in [0.1, 0.15) is 37.7 Å². The standard InChI is InChI=1S/C15H20ClF2N/c16-10-15(4-2-1-3-5-15)11-19-9-12-6-13(17)8-14(18)7-12/h6-8,19H,1-5,9-11H2. The van der Waals surface area contributed by atoms with Crippen LogP contribution in [0.3, 0.4) is 0 Å². The van der Waals surface area contributed by atoms with E-state index in [-0.39, 0.29) is 5.41 Å². The highest BCUT2D eigenvalue weighted by atomic mass is 35.5. The minimum atomic E-state index is -0.526. The van der Waals surface area contributed by atoms with E-state index >= 15 is 0 Å². The molecule has 0 spiro atoms. The number of nitrogens with one attached hydrogen (secondary N) is 1. The molecular weight excluding hydrogens is 268 g/mol. The van der Waals surface area contributed by atoms with Crippen molar-refractivity contribution < 1.29 is 8.78 Å². The molecule has 0 saturated heterocycles. The van der Waals surface area contributed by atoms with Crippen LogP contribution in [0, 0.1) is 17.0 Å². The van der Waals surface area contributed by atoms with Gasteiger partial charge >= 0.3 is 0 Å². The molecule has 0 aliphatic heterocycles. The van der Waals surface area contributed by atoms with Crippen molar-refractivity contribution in [3.63, 3.8) is 0 Å². The molecule has 1 aromatic rings. The van der Waals surface area contributed by atoms with Gasteiger partial charge in [0.05, 0.1) is 0 Å². The lowest BCUT2D eigenvalue weighted by Crippen LogP contribution is -2.37. The lowest BCUT2D eigenvalue weighted by atomic mass is 9.75. The van der Waals surface area contributed by atoms with Gasteiger partial charge in [-0.05, 0) is 36.0 Å². The average molecular weight is 288 g/mol. The Morgan fingerprint density at radius 1 is 1.05 bits per heavy atom. The lowest BCUT2D eigenvalue weighted by Gasteiger charge is -2.35. The second kappa shape index (κ2) is 6.67. The predicted molar refractivity (Wildman–Crippen MR) is 74.3 cm³/mol. The van der Waals surface area contributed by atoms with Gasteiger partial charge in [0, 0.05) is 25.0 Å². The molecule has 0 amide bonds. The topological polar surface area (TPSA) is 12.0 Å². The molecule has 0 unspecified atom stereocenters. The Morgan fingerprint density at radius 3 is 2.26 bits per heavy atom. The Hall–Kier alpha value is -0.670. The van der Waals surface area contributed by atoms with Crippen LogP contribution in [-0.2, 0) is 6.54 Å². The summed E-state index contributed by atoms with van der Waals surface area (Å²) < 4.78 is 26.1. The largest absolute Gasteiger partial charge is 0.312 e. The fourth-order valence-corrected chi connectivity index (χ4v) is 3.21. The normalized spacial score (nSPS) is 18.5. The van der Waals surface area contributed by atoms with Gasteiger partial charge in [0.25, 0.3) is 0 Å². The third-order valence-corrected chi connectivity index (χ3v) is 4.52. The van der Waals surface area contributed by atoms with Crippen LogP contribution >= 0.6 is 11.6 Å². The Balaban J connectivity index is 1.88. The molecule has 1 saturated carbocycles. The molecule has 1 fully saturated rings. The molecule has 19 heavy (non-hydrogen) atoms. The van der Waals surface area contributed by atoms with Crippen LogP contribution in [0.4, 0.5) is 8.78 Å². The average Bonchev–Trinajstić information content (AvgIpc) is 2.39. The second-order valence-corrected chi connectivity index (χ2v) is 5.84. The SMILES string of the molecule is Fc1cc(F)cc(CNCC2(CCl)CCCCC2)c1. The molecular formula is C15H20ClF2N. The molecule has 1 aromatic carbocycles. The van der Waals surface area contributed by atoms with Gasteiger partial charge in [-0.3, -0.25) is 0 Å². The molecule has 4 heteroatoms. The van der Waals surface area contributed by atoms with Crippen molar-refractivity contribution >= 4 is 11.6 Å². The zero-order chi connectivity index (χ0) is 13.7. The van der Waals surface area contributed by atoms with Crippen molar-refractivity contribution in [1.82, 2.24) is 5.32 Å². The van der Waals surface area contributed by atoms with Crippen molar-refractivity contribution in [3.05, 3.63) is 35.4 Å². The first-order valence-electron chi connectivity index (χ1n) is 6.85. The quantitative estimate of drug-likeness (QED) is 0.799. The molecule has 0 radical (unpaired) electrons. The van der Waals surface area contributed by atoms with Crippen LogP contribution in [0.2, 0.25) is 0 Å². The first kappa shape index (κ1) is 14.7. The first-order chi connectivity index (χ1) is 9.13. The van der Waals surface area contributed by atoms with Gasteiger partial charge in [0.15, 0.2) is 0 Å². The summed E-state index contributed by atoms with van der Waals surface area (Å²) in [5.74, 6) is -0.402. The number of hydrogen-bond donors (Lipinski definition) is 1. The van der Waals surface area contributed by atoms with Crippen LogP contribution in [0.15, 0.2) is 18.2 Å². The van der Waals surface area contributed by atoms with Crippen molar-refractivity contribution in [2.45, 2.75) is 38.6 Å². The Kier molecular flexibility index (Phi) is 5.17. The maximum atomic E-state index is 13.1. The molecule has 1 aliphatic carbocycles. The summed E-state index contributed by atoms with van der Waals surface area (Å²) in [6, 6.07) is 3.62. The highest BCUT2D eigenvalue weighted by molar-refractivity contribution is 6.18. The van der Waals surface area contributed by atoms with Gasteiger partial charge in [-0.2, -0.15) is 0 Å². The third-order valence-electron chi connectivity index (χ3n) is 3.95. The molecule has 1 aliphatic rings. The third kappa shape index (κ3) is 4.15. The van der Waals surface area contributed by atoms with Crippen molar-refractivity contribution in [3.8, 4) is 0 Å². The summed E-state index contributed by atoms with van der Waals surface area (Å²) in [6.45, 7) is 1.29. The predicted octanol–water partition coefficient (Wildman–Crippen LogP) is 4.24. The monoisotopic (exact) mass is 287 g/mol. The molecule has 1 nitrogen and oxygen atoms in total. The summed E-state index contributed by atoms with van der Waals surface area (Å²) >= 11 is 6.11. The number of benzene rings is 1. The maximum absolute atomic E-state index is 13.1. The van der Waals surface area contributed by atoms with Crippen LogP contribution < -0.4 is 5.32 Å². The van der Waals surface area contributed by atoms with Gasteiger partial charge in [-0.15, -0.1) is 11.6 Å². The van der Waals surface area contributed by atoms with E-state index in [0.717, 1.165) is 25.5 Å². The molecule has 0 heterocycles. The summed E-state index contributed by atoms with van der Waals surface area (Å²) in [7, 11) is 0. The lowest BCUT2D eigenvalue weighted by molar-refractivity contribution is 0.212. The Bertz CT molecular complexity index is 396. The van der Waals surface area contributed by atoms with E-state index in [1.54, 1.807) is 0 Å². The Labute approximate surface area is 118 Å². The van der Waals surface area contributed by atoms with Gasteiger partial charge < -0.3 is 5.32 Å². The van der Waals surface area contributed by atoms with E-state index in [1.807, 2.05) is 0 Å². The summed E-state index contributed by atoms with van der Waals surface area (Å²) in [6.07, 6.45) is 6.02. The molecule has 1 N–H and O–H groups in total. The zero-order valence-corrected chi connectivity index (χ0v) is 11.8. The summed E-state index contributed by atoms with van der Waals surface area (Å²) in [5, 5.41) is 3.30. The van der Waals surface area contributed by atoms with E-state index in [9.17, 15) is 8.78 Å². The molecule has 0 bridgehead atoms. The molecule has 106 valence electrons. The van der Waals surface area contributed by atoms with Gasteiger partial charge in [-0.1, -0.05) is 19.3 Å². The van der Waals surface area contributed by atoms with Gasteiger partial charge in [0.1, 0.15) is 11.6 Å². The van der Waals surface area contributed by atoms with Crippen LogP contribution in [-0.4, -0.2) is 12.4 Å². The van der Waals surface area contributed by atoms with E-state index in [4.69, 9.17) is 11.6 Å². The highest BCUT2D eigenvalue weighted by Crippen LogP contribution is 2.36. The fourth-order valence-electron chi connectivity index (χ4n) is 2.84. The minimum absolute atomic E-state index is 0.158. The number of alkyl halides is 1. The van der Waals surface area contributed by atoms with E-state index in [0.29, 0.717) is 18.0 Å². The first-order valence-corrected chi connectivity index (χ1v) is 7.39. The van der Waals surface area contributed by atoms with Crippen molar-refractivity contribution in [2.75, 3.05) is 12.4 Å². The smallest absolute Gasteiger partial charge is 0.126 e. The number of hydrogen-bond acceptors (Lipinski definition) is 1. The number of halogens is 3. The second-order valence-electron chi connectivity index (χ2n) is 5.58. The number of rotatable bonds is 5. The van der Waals surface area contributed by atoms with Crippen LogP contribution in [0.25, 0.3) is 0 Å². The van der Waals surface area contributed by atoms with Crippen molar-refractivity contribution in [1.29, 1.82) is 0 Å². The van der Waals surface area contributed by atoms with Crippen LogP contribution in [0.5, 0.6) is 0 Å². The zero-order valence-electron chi connectivity index (χ0n) is 11.0. The van der Waals surface area contributed by atoms with Gasteiger partial charge in [0.2, 0.25) is 0 Å². The van der Waals surface area contributed by atoms with E-state index < -0.39 is 11.6 Å². The summed E-state index contributed by atoms with van der Waals surface area (Å²) in [5.41, 5.74) is 0.795. The highest BCUT2D eigenvalue weighted by Gasteiger charge is 2.30. The van der Waals surface area contributed by atoms with E-state index in [2.05, 4.69) is 5.32 Å². The fraction of sp³-hybridized carbons (Fsp3) is 0.600. The van der Waals surface area contributed by atoms with E-state index in [1.165, 1.54) is 31.4 Å². The molecule has 2 rings (SSSR count).